The largest absolute Gasteiger partial charge is 0.489 e. The maximum Gasteiger partial charge on any atom is 0.276 e. The van der Waals surface area contributed by atoms with E-state index in [-0.39, 0.29) is 5.91 Å². The minimum atomic E-state index is -0.668. The number of hydrogen-bond acceptors (Lipinski definition) is 6. The highest BCUT2D eigenvalue weighted by molar-refractivity contribution is 14.1. The van der Waals surface area contributed by atoms with Crippen molar-refractivity contribution in [1.82, 2.24) is 10.4 Å². The van der Waals surface area contributed by atoms with Gasteiger partial charge in [0.1, 0.15) is 31.7 Å². The van der Waals surface area contributed by atoms with Crippen molar-refractivity contribution in [3.63, 3.8) is 0 Å². The van der Waals surface area contributed by atoms with Crippen LogP contribution in [0.2, 0.25) is 0 Å². The van der Waals surface area contributed by atoms with E-state index in [4.69, 9.17) is 14.2 Å². The van der Waals surface area contributed by atoms with Gasteiger partial charge in [-0.25, -0.2) is 5.01 Å². The molecule has 0 fully saturated rings. The van der Waals surface area contributed by atoms with E-state index in [1.165, 1.54) is 5.01 Å². The summed E-state index contributed by atoms with van der Waals surface area (Å²) in [5.74, 6) is 1.14. The van der Waals surface area contributed by atoms with Gasteiger partial charge in [0, 0.05) is 20.4 Å². The van der Waals surface area contributed by atoms with Crippen LogP contribution in [0.4, 0.5) is 5.69 Å². The van der Waals surface area contributed by atoms with Gasteiger partial charge in [-0.15, -0.1) is 0 Å². The highest BCUT2D eigenvalue weighted by Gasteiger charge is 2.35. The summed E-state index contributed by atoms with van der Waals surface area (Å²) >= 11 is 2.16. The Labute approximate surface area is 239 Å². The van der Waals surface area contributed by atoms with Crippen molar-refractivity contribution in [3.05, 3.63) is 117 Å². The normalized spacial score (nSPS) is 15.7. The van der Waals surface area contributed by atoms with Crippen LogP contribution >= 0.6 is 22.6 Å². The number of benzene rings is 4. The molecule has 0 saturated carbocycles. The van der Waals surface area contributed by atoms with Crippen LogP contribution in [0.5, 0.6) is 17.2 Å². The number of hydrogen-bond donors (Lipinski definition) is 2. The second-order valence-electron chi connectivity index (χ2n) is 9.05. The average Bonchev–Trinajstić information content (AvgIpc) is 2.98. The van der Waals surface area contributed by atoms with Gasteiger partial charge in [-0.3, -0.25) is 15.0 Å². The summed E-state index contributed by atoms with van der Waals surface area (Å²) in [5, 5.41) is 4.72. The highest BCUT2D eigenvalue weighted by Crippen LogP contribution is 2.37. The molecule has 6 rings (SSSR count). The Morgan fingerprint density at radius 1 is 0.949 bits per heavy atom. The van der Waals surface area contributed by atoms with Gasteiger partial charge in [-0.1, -0.05) is 36.4 Å². The third-order valence-electron chi connectivity index (χ3n) is 6.45. The smallest absolute Gasteiger partial charge is 0.276 e. The monoisotopic (exact) mass is 633 g/mol. The quantitative estimate of drug-likeness (QED) is 0.271. The Balaban J connectivity index is 1.24. The standard InChI is InChI=1S/C30H24IN3O5/c31-22-9-12-25-24(17-22)30(36)34(28(32-25)21-8-13-26-27(16-21)38-15-14-37-26)33-29(35)20-6-10-23(11-7-20)39-18-19-4-2-1-3-5-19/h1-13,16-17,28,32H,14-15,18H2,(H,33,35). The lowest BCUT2D eigenvalue weighted by Gasteiger charge is -2.38. The van der Waals surface area contributed by atoms with Crippen LogP contribution in [0, 0.1) is 3.57 Å². The number of fused-ring (bicyclic) bond motifs is 2. The van der Waals surface area contributed by atoms with Crippen LogP contribution in [0.3, 0.4) is 0 Å². The molecule has 196 valence electrons. The van der Waals surface area contributed by atoms with Crippen molar-refractivity contribution >= 4 is 40.1 Å². The molecule has 4 aromatic rings. The van der Waals surface area contributed by atoms with Crippen LogP contribution in [0.25, 0.3) is 0 Å². The van der Waals surface area contributed by atoms with Crippen LogP contribution in [0.1, 0.15) is 38.0 Å². The lowest BCUT2D eigenvalue weighted by atomic mass is 10.0. The van der Waals surface area contributed by atoms with E-state index in [9.17, 15) is 9.59 Å². The second kappa shape index (κ2) is 10.9. The molecule has 1 unspecified atom stereocenters. The average molecular weight is 633 g/mol. The zero-order chi connectivity index (χ0) is 26.8. The number of halogens is 1. The van der Waals surface area contributed by atoms with Crippen LogP contribution in [-0.4, -0.2) is 30.0 Å². The van der Waals surface area contributed by atoms with Gasteiger partial charge < -0.3 is 19.5 Å². The molecule has 2 aliphatic heterocycles. The van der Waals surface area contributed by atoms with E-state index >= 15 is 0 Å². The number of nitrogens with one attached hydrogen (secondary N) is 2. The summed E-state index contributed by atoms with van der Waals surface area (Å²) in [6.45, 7) is 1.35. The molecule has 0 saturated heterocycles. The van der Waals surface area contributed by atoms with E-state index < -0.39 is 12.1 Å². The topological polar surface area (TPSA) is 89.1 Å². The Morgan fingerprint density at radius 2 is 1.72 bits per heavy atom. The van der Waals surface area contributed by atoms with Gasteiger partial charge >= 0.3 is 0 Å². The molecule has 1 atom stereocenters. The Hall–Kier alpha value is -4.25. The van der Waals surface area contributed by atoms with E-state index in [1.807, 2.05) is 60.7 Å². The summed E-state index contributed by atoms with van der Waals surface area (Å²) in [5.41, 5.74) is 6.16. The minimum absolute atomic E-state index is 0.321. The van der Waals surface area contributed by atoms with Crippen LogP contribution in [-0.2, 0) is 6.61 Å². The zero-order valence-corrected chi connectivity index (χ0v) is 22.9. The highest BCUT2D eigenvalue weighted by atomic mass is 127. The number of amides is 2. The van der Waals surface area contributed by atoms with Gasteiger partial charge in [-0.05, 0) is 82.8 Å². The predicted octanol–water partition coefficient (Wildman–Crippen LogP) is 5.55. The number of nitrogens with zero attached hydrogens (tertiary/aromatic N) is 1. The molecule has 2 heterocycles. The summed E-state index contributed by atoms with van der Waals surface area (Å²) in [6, 6.07) is 27.8. The molecule has 0 spiro atoms. The molecule has 2 N–H and O–H groups in total. The molecule has 4 aromatic carbocycles. The number of anilines is 1. The van der Waals surface area contributed by atoms with E-state index in [0.717, 1.165) is 14.7 Å². The zero-order valence-electron chi connectivity index (χ0n) is 20.7. The molecule has 2 amide bonds. The van der Waals surface area contributed by atoms with Crippen molar-refractivity contribution in [2.45, 2.75) is 12.8 Å². The van der Waals surface area contributed by atoms with Crippen molar-refractivity contribution in [2.24, 2.45) is 0 Å². The van der Waals surface area contributed by atoms with Crippen molar-refractivity contribution < 1.29 is 23.8 Å². The number of carbonyl (C=O) groups is 2. The molecule has 0 radical (unpaired) electrons. The first-order chi connectivity index (χ1) is 19.0. The minimum Gasteiger partial charge on any atom is -0.489 e. The summed E-state index contributed by atoms with van der Waals surface area (Å²) in [4.78, 5) is 27.0. The maximum atomic E-state index is 13.7. The predicted molar refractivity (Wildman–Crippen MR) is 154 cm³/mol. The fraction of sp³-hybridized carbons (Fsp3) is 0.133. The fourth-order valence-corrected chi connectivity index (χ4v) is 4.96. The first-order valence-corrected chi connectivity index (χ1v) is 13.5. The molecule has 8 nitrogen and oxygen atoms in total. The van der Waals surface area contributed by atoms with E-state index in [2.05, 4.69) is 33.3 Å². The molecule has 9 heteroatoms. The SMILES string of the molecule is O=C(NN1C(=O)c2cc(I)ccc2NC1c1ccc2c(c1)OCCO2)c1ccc(OCc2ccccc2)cc1. The Kier molecular flexibility index (Phi) is 6.97. The Bertz CT molecular complexity index is 1530. The third kappa shape index (κ3) is 5.35. The molecule has 2 aliphatic rings. The summed E-state index contributed by atoms with van der Waals surface area (Å²) in [7, 11) is 0. The Morgan fingerprint density at radius 3 is 2.51 bits per heavy atom. The van der Waals surface area contributed by atoms with Gasteiger partial charge in [0.05, 0.1) is 5.56 Å². The lowest BCUT2D eigenvalue weighted by Crippen LogP contribution is -2.52. The summed E-state index contributed by atoms with van der Waals surface area (Å²) < 4.78 is 18.2. The van der Waals surface area contributed by atoms with E-state index in [0.29, 0.717) is 53.9 Å². The van der Waals surface area contributed by atoms with Crippen LogP contribution < -0.4 is 25.0 Å². The first kappa shape index (κ1) is 25.1. The van der Waals surface area contributed by atoms with Gasteiger partial charge in [0.2, 0.25) is 0 Å². The second-order valence-corrected chi connectivity index (χ2v) is 10.3. The third-order valence-corrected chi connectivity index (χ3v) is 7.12. The van der Waals surface area contributed by atoms with Crippen molar-refractivity contribution in [3.8, 4) is 17.2 Å². The molecular formula is C30H24IN3O5. The molecule has 39 heavy (non-hydrogen) atoms. The maximum absolute atomic E-state index is 13.7. The van der Waals surface area contributed by atoms with Crippen molar-refractivity contribution in [1.29, 1.82) is 0 Å². The molecule has 0 bridgehead atoms. The number of ether oxygens (including phenoxy) is 3. The van der Waals surface area contributed by atoms with Crippen LogP contribution in [0.15, 0.2) is 91.0 Å². The van der Waals surface area contributed by atoms with Gasteiger partial charge in [0.15, 0.2) is 11.5 Å². The number of rotatable bonds is 6. The number of hydrazine groups is 1. The molecular weight excluding hydrogens is 609 g/mol. The van der Waals surface area contributed by atoms with Crippen molar-refractivity contribution in [2.75, 3.05) is 18.5 Å². The molecule has 0 aliphatic carbocycles. The fourth-order valence-electron chi connectivity index (χ4n) is 4.47. The van der Waals surface area contributed by atoms with Gasteiger partial charge in [0.25, 0.3) is 11.8 Å². The number of carbonyl (C=O) groups excluding carboxylic acids is 2. The van der Waals surface area contributed by atoms with E-state index in [1.54, 1.807) is 30.3 Å². The lowest BCUT2D eigenvalue weighted by molar-refractivity contribution is 0.0490. The first-order valence-electron chi connectivity index (χ1n) is 12.4. The van der Waals surface area contributed by atoms with Gasteiger partial charge in [-0.2, -0.15) is 0 Å². The molecule has 0 aromatic heterocycles. The summed E-state index contributed by atoms with van der Waals surface area (Å²) in [6.07, 6.45) is -0.668.